The Morgan fingerprint density at radius 1 is 1.19 bits per heavy atom. The number of hydrogen-bond acceptors (Lipinski definition) is 6. The van der Waals surface area contributed by atoms with Gasteiger partial charge in [0.05, 0.1) is 19.4 Å². The van der Waals surface area contributed by atoms with Crippen LogP contribution < -0.4 is 5.32 Å². The smallest absolute Gasteiger partial charge is 0.328 e. The Morgan fingerprint density at radius 3 is 2.75 bits per heavy atom. The second-order valence-corrected chi connectivity index (χ2v) is 8.27. The predicted molar refractivity (Wildman–Crippen MR) is 120 cm³/mol. The van der Waals surface area contributed by atoms with Crippen molar-refractivity contribution >= 4 is 45.7 Å². The number of rotatable bonds is 7. The zero-order valence-corrected chi connectivity index (χ0v) is 18.1. The third-order valence-electron chi connectivity index (χ3n) is 5.26. The number of thioether (sulfide) groups is 1. The summed E-state index contributed by atoms with van der Waals surface area (Å²) in [6, 6.07) is 13.5. The zero-order valence-electron chi connectivity index (χ0n) is 17.3. The summed E-state index contributed by atoms with van der Waals surface area (Å²) in [6.45, 7) is 0.0988. The predicted octanol–water partition coefficient (Wildman–Crippen LogP) is 2.88. The van der Waals surface area contributed by atoms with Gasteiger partial charge in [0.15, 0.2) is 0 Å². The van der Waals surface area contributed by atoms with E-state index in [1.165, 1.54) is 7.11 Å². The van der Waals surface area contributed by atoms with Crippen LogP contribution in [0.4, 0.5) is 4.79 Å². The molecular weight excluding hydrogens is 430 g/mol. The van der Waals surface area contributed by atoms with Crippen LogP contribution in [0.5, 0.6) is 0 Å². The number of nitrogens with zero attached hydrogens (tertiary/aromatic N) is 1. The van der Waals surface area contributed by atoms with E-state index in [0.29, 0.717) is 11.1 Å². The molecule has 32 heavy (non-hydrogen) atoms. The van der Waals surface area contributed by atoms with Crippen molar-refractivity contribution in [3.05, 3.63) is 71.4 Å². The average Bonchev–Trinajstić information content (AvgIpc) is 3.36. The van der Waals surface area contributed by atoms with Crippen molar-refractivity contribution < 1.29 is 23.9 Å². The minimum atomic E-state index is -0.881. The van der Waals surface area contributed by atoms with Crippen LogP contribution in [0.2, 0.25) is 0 Å². The number of H-pyrrole nitrogens is 1. The lowest BCUT2D eigenvalue weighted by Gasteiger charge is -2.17. The molecule has 3 amide bonds. The van der Waals surface area contributed by atoms with Crippen LogP contribution in [0.1, 0.15) is 21.5 Å². The number of aromatic nitrogens is 1. The Bertz CT molecular complexity index is 1190. The quantitative estimate of drug-likeness (QED) is 0.535. The van der Waals surface area contributed by atoms with E-state index in [1.54, 1.807) is 24.3 Å². The molecule has 1 fully saturated rings. The van der Waals surface area contributed by atoms with E-state index in [1.807, 2.05) is 30.5 Å². The molecule has 1 aromatic heterocycles. The van der Waals surface area contributed by atoms with E-state index in [0.717, 1.165) is 33.1 Å². The highest BCUT2D eigenvalue weighted by Crippen LogP contribution is 2.22. The van der Waals surface area contributed by atoms with E-state index in [4.69, 9.17) is 4.74 Å². The van der Waals surface area contributed by atoms with Gasteiger partial charge in [-0.15, -0.1) is 0 Å². The van der Waals surface area contributed by atoms with E-state index in [9.17, 15) is 19.2 Å². The molecule has 4 rings (SSSR count). The van der Waals surface area contributed by atoms with E-state index >= 15 is 0 Å². The first-order valence-electron chi connectivity index (χ1n) is 9.96. The lowest BCUT2D eigenvalue weighted by atomic mass is 10.0. The topological polar surface area (TPSA) is 109 Å². The van der Waals surface area contributed by atoms with Crippen LogP contribution in [0.25, 0.3) is 10.9 Å². The molecule has 2 N–H and O–H groups in total. The molecule has 1 aliphatic heterocycles. The van der Waals surface area contributed by atoms with Gasteiger partial charge in [-0.2, -0.15) is 0 Å². The summed E-state index contributed by atoms with van der Waals surface area (Å²) in [7, 11) is 1.28. The zero-order chi connectivity index (χ0) is 22.7. The van der Waals surface area contributed by atoms with E-state index in [-0.39, 0.29) is 29.9 Å². The highest BCUT2D eigenvalue weighted by atomic mass is 32.2. The molecule has 0 saturated carbocycles. The SMILES string of the molecule is COC(=O)[C@H](Cc1c[nH]c2ccccc12)NC(=O)c1cccc(CN2C(=O)CSC2=O)c1. The van der Waals surface area contributed by atoms with Gasteiger partial charge in [-0.3, -0.25) is 19.3 Å². The first kappa shape index (κ1) is 21.6. The van der Waals surface area contributed by atoms with Crippen LogP contribution in [0.15, 0.2) is 54.7 Å². The van der Waals surface area contributed by atoms with Crippen molar-refractivity contribution in [1.82, 2.24) is 15.2 Å². The molecule has 1 saturated heterocycles. The Hall–Kier alpha value is -3.59. The number of imide groups is 1. The Morgan fingerprint density at radius 2 is 2.00 bits per heavy atom. The van der Waals surface area contributed by atoms with Crippen molar-refractivity contribution in [2.75, 3.05) is 12.9 Å². The lowest BCUT2D eigenvalue weighted by molar-refractivity contribution is -0.142. The van der Waals surface area contributed by atoms with Gasteiger partial charge in [0, 0.05) is 29.1 Å². The summed E-state index contributed by atoms with van der Waals surface area (Å²) in [4.78, 5) is 53.3. The number of aromatic amines is 1. The van der Waals surface area contributed by atoms with E-state index < -0.39 is 17.9 Å². The van der Waals surface area contributed by atoms with Gasteiger partial charge in [-0.1, -0.05) is 42.1 Å². The summed E-state index contributed by atoms with van der Waals surface area (Å²) in [5.41, 5.74) is 2.79. The molecule has 1 atom stereocenters. The number of methoxy groups -OCH3 is 1. The minimum Gasteiger partial charge on any atom is -0.467 e. The van der Waals surface area contributed by atoms with Gasteiger partial charge in [0.2, 0.25) is 5.91 Å². The molecule has 0 unspecified atom stereocenters. The van der Waals surface area contributed by atoms with E-state index in [2.05, 4.69) is 10.3 Å². The van der Waals surface area contributed by atoms with Gasteiger partial charge in [-0.05, 0) is 29.3 Å². The molecule has 0 spiro atoms. The van der Waals surface area contributed by atoms with Crippen LogP contribution in [-0.2, 0) is 27.3 Å². The van der Waals surface area contributed by atoms with Crippen LogP contribution in [0.3, 0.4) is 0 Å². The third-order valence-corrected chi connectivity index (χ3v) is 6.12. The summed E-state index contributed by atoms with van der Waals surface area (Å²) in [5.74, 6) is -1.12. The molecule has 1 aliphatic rings. The monoisotopic (exact) mass is 451 g/mol. The Balaban J connectivity index is 1.50. The summed E-state index contributed by atoms with van der Waals surface area (Å²) < 4.78 is 4.90. The van der Waals surface area contributed by atoms with Crippen molar-refractivity contribution in [2.45, 2.75) is 19.0 Å². The van der Waals surface area contributed by atoms with Crippen molar-refractivity contribution in [3.63, 3.8) is 0 Å². The number of para-hydroxylation sites is 1. The Kier molecular flexibility index (Phi) is 6.27. The maximum atomic E-state index is 12.9. The summed E-state index contributed by atoms with van der Waals surface area (Å²) in [6.07, 6.45) is 2.07. The van der Waals surface area contributed by atoms with Gasteiger partial charge < -0.3 is 15.0 Å². The molecular formula is C23H21N3O5S. The van der Waals surface area contributed by atoms with Crippen LogP contribution in [0, 0.1) is 0 Å². The molecule has 3 aromatic rings. The molecule has 2 heterocycles. The average molecular weight is 452 g/mol. The number of amides is 3. The van der Waals surface area contributed by atoms with Crippen molar-refractivity contribution in [3.8, 4) is 0 Å². The number of nitrogens with one attached hydrogen (secondary N) is 2. The summed E-state index contributed by atoms with van der Waals surface area (Å²) >= 11 is 0.964. The molecule has 2 aromatic carbocycles. The maximum absolute atomic E-state index is 12.9. The van der Waals surface area contributed by atoms with Crippen LogP contribution in [-0.4, -0.2) is 51.8 Å². The number of esters is 1. The fraction of sp³-hybridized carbons (Fsp3) is 0.217. The van der Waals surface area contributed by atoms with Gasteiger partial charge in [0.1, 0.15) is 6.04 Å². The first-order chi connectivity index (χ1) is 15.5. The number of hydrogen-bond donors (Lipinski definition) is 2. The standard InChI is InChI=1S/C23H21N3O5S/c1-31-22(29)19(10-16-11-24-18-8-3-2-7-17(16)18)25-21(28)15-6-4-5-14(9-15)12-26-20(27)13-32-23(26)30/h2-9,11,19,24H,10,12-13H2,1H3,(H,25,28)/t19-/m0/s1. The van der Waals surface area contributed by atoms with Gasteiger partial charge in [0.25, 0.3) is 11.1 Å². The molecule has 0 aliphatic carbocycles. The normalized spacial score (nSPS) is 14.6. The fourth-order valence-corrected chi connectivity index (χ4v) is 4.35. The molecule has 9 heteroatoms. The molecule has 8 nitrogen and oxygen atoms in total. The van der Waals surface area contributed by atoms with Crippen molar-refractivity contribution in [1.29, 1.82) is 0 Å². The largest absolute Gasteiger partial charge is 0.467 e. The molecule has 0 bridgehead atoms. The molecule has 164 valence electrons. The number of carbonyl (C=O) groups excluding carboxylic acids is 4. The van der Waals surface area contributed by atoms with Crippen molar-refractivity contribution in [2.24, 2.45) is 0 Å². The maximum Gasteiger partial charge on any atom is 0.328 e. The lowest BCUT2D eigenvalue weighted by Crippen LogP contribution is -2.43. The second kappa shape index (κ2) is 9.27. The third kappa shape index (κ3) is 4.52. The number of benzene rings is 2. The fourth-order valence-electron chi connectivity index (χ4n) is 3.62. The van der Waals surface area contributed by atoms with Gasteiger partial charge in [-0.25, -0.2) is 4.79 Å². The molecule has 0 radical (unpaired) electrons. The number of ether oxygens (including phenoxy) is 1. The second-order valence-electron chi connectivity index (χ2n) is 7.35. The number of fused-ring (bicyclic) bond motifs is 1. The highest BCUT2D eigenvalue weighted by Gasteiger charge is 2.30. The Labute approximate surface area is 188 Å². The minimum absolute atomic E-state index is 0.0988. The van der Waals surface area contributed by atoms with Gasteiger partial charge >= 0.3 is 5.97 Å². The first-order valence-corrected chi connectivity index (χ1v) is 10.9. The number of carbonyl (C=O) groups is 4. The highest BCUT2D eigenvalue weighted by molar-refractivity contribution is 8.14. The summed E-state index contributed by atoms with van der Waals surface area (Å²) in [5, 5.41) is 3.42. The van der Waals surface area contributed by atoms with Crippen LogP contribution >= 0.6 is 11.8 Å².